The number of nitrogens with zero attached hydrogens (tertiary/aromatic N) is 4. The molecule has 7 nitrogen and oxygen atoms in total. The topological polar surface area (TPSA) is 81.9 Å². The molecule has 1 N–H and O–H groups in total. The first kappa shape index (κ1) is 17.9. The molecule has 28 heavy (non-hydrogen) atoms. The van der Waals surface area contributed by atoms with Gasteiger partial charge in [-0.15, -0.1) is 0 Å². The number of carbonyl (C=O) groups is 1. The first-order valence-corrected chi connectivity index (χ1v) is 9.12. The fourth-order valence-corrected chi connectivity index (χ4v) is 3.24. The van der Waals surface area contributed by atoms with Gasteiger partial charge in [-0.1, -0.05) is 55.3 Å². The summed E-state index contributed by atoms with van der Waals surface area (Å²) in [4.78, 5) is 11.7. The van der Waals surface area contributed by atoms with E-state index in [2.05, 4.69) is 65.0 Å². The molecular formula is C21H21N5O2. The SMILES string of the molecule is COC(=O)c1ccc([C@@H]2C=C(c3ccc(C(C)C)cc3)Nc3nnnn32)cc1. The second-order valence-corrected chi connectivity index (χ2v) is 6.99. The second-order valence-electron chi connectivity index (χ2n) is 6.99. The minimum absolute atomic E-state index is 0.183. The van der Waals surface area contributed by atoms with Gasteiger partial charge in [0.05, 0.1) is 12.7 Å². The molecule has 0 spiro atoms. The molecule has 1 atom stereocenters. The van der Waals surface area contributed by atoms with Crippen molar-refractivity contribution in [1.82, 2.24) is 20.2 Å². The lowest BCUT2D eigenvalue weighted by Gasteiger charge is -2.23. The van der Waals surface area contributed by atoms with Crippen LogP contribution in [0.4, 0.5) is 5.95 Å². The highest BCUT2D eigenvalue weighted by molar-refractivity contribution is 5.89. The summed E-state index contributed by atoms with van der Waals surface area (Å²) in [6, 6.07) is 15.6. The van der Waals surface area contributed by atoms with Crippen LogP contribution in [-0.4, -0.2) is 33.3 Å². The Hall–Kier alpha value is -3.48. The maximum Gasteiger partial charge on any atom is 0.337 e. The van der Waals surface area contributed by atoms with Gasteiger partial charge < -0.3 is 10.1 Å². The zero-order chi connectivity index (χ0) is 19.7. The number of aromatic nitrogens is 4. The van der Waals surface area contributed by atoms with Crippen molar-refractivity contribution in [3.8, 4) is 0 Å². The Bertz CT molecular complexity index is 1020. The molecular weight excluding hydrogens is 354 g/mol. The number of hydrogen-bond donors (Lipinski definition) is 1. The summed E-state index contributed by atoms with van der Waals surface area (Å²) in [5.74, 6) is 0.699. The summed E-state index contributed by atoms with van der Waals surface area (Å²) >= 11 is 0. The van der Waals surface area contributed by atoms with Crippen LogP contribution in [0.25, 0.3) is 5.70 Å². The van der Waals surface area contributed by atoms with E-state index in [0.717, 1.165) is 16.8 Å². The summed E-state index contributed by atoms with van der Waals surface area (Å²) in [6.07, 6.45) is 2.08. The number of rotatable bonds is 4. The van der Waals surface area contributed by atoms with E-state index in [1.54, 1.807) is 16.8 Å². The Morgan fingerprint density at radius 2 is 1.82 bits per heavy atom. The van der Waals surface area contributed by atoms with Gasteiger partial charge in [0, 0.05) is 5.70 Å². The Kier molecular flexibility index (Phi) is 4.65. The Labute approximate surface area is 163 Å². The Morgan fingerprint density at radius 1 is 1.11 bits per heavy atom. The number of ether oxygens (including phenoxy) is 1. The fourth-order valence-electron chi connectivity index (χ4n) is 3.24. The van der Waals surface area contributed by atoms with Crippen LogP contribution < -0.4 is 5.32 Å². The lowest BCUT2D eigenvalue weighted by atomic mass is 9.98. The van der Waals surface area contributed by atoms with Crippen LogP contribution in [-0.2, 0) is 4.74 Å². The summed E-state index contributed by atoms with van der Waals surface area (Å²) in [5, 5.41) is 15.3. The third-order valence-corrected chi connectivity index (χ3v) is 4.89. The molecule has 0 bridgehead atoms. The molecule has 3 aromatic rings. The van der Waals surface area contributed by atoms with Crippen molar-refractivity contribution in [2.75, 3.05) is 12.4 Å². The maximum absolute atomic E-state index is 11.7. The van der Waals surface area contributed by atoms with Crippen molar-refractivity contribution in [2.24, 2.45) is 0 Å². The van der Waals surface area contributed by atoms with Crippen LogP contribution >= 0.6 is 0 Å². The largest absolute Gasteiger partial charge is 0.465 e. The molecule has 2 aromatic carbocycles. The van der Waals surface area contributed by atoms with Crippen LogP contribution in [0.1, 0.15) is 52.9 Å². The van der Waals surface area contributed by atoms with Crippen molar-refractivity contribution in [2.45, 2.75) is 25.8 Å². The molecule has 0 fully saturated rings. The molecule has 0 amide bonds. The van der Waals surface area contributed by atoms with Crippen LogP contribution in [0, 0.1) is 0 Å². The highest BCUT2D eigenvalue weighted by atomic mass is 16.5. The first-order valence-electron chi connectivity index (χ1n) is 9.12. The average Bonchev–Trinajstić information content (AvgIpc) is 3.21. The number of anilines is 1. The molecule has 0 aliphatic carbocycles. The molecule has 4 rings (SSSR count). The number of allylic oxidation sites excluding steroid dienone is 1. The second kappa shape index (κ2) is 7.26. The van der Waals surface area contributed by atoms with E-state index < -0.39 is 0 Å². The van der Waals surface area contributed by atoms with E-state index in [0.29, 0.717) is 17.4 Å². The molecule has 1 aliphatic rings. The van der Waals surface area contributed by atoms with Crippen LogP contribution in [0.5, 0.6) is 0 Å². The smallest absolute Gasteiger partial charge is 0.337 e. The number of nitrogens with one attached hydrogen (secondary N) is 1. The van der Waals surface area contributed by atoms with E-state index in [4.69, 9.17) is 4.74 Å². The number of tetrazole rings is 1. The van der Waals surface area contributed by atoms with Gasteiger partial charge in [0.15, 0.2) is 0 Å². The molecule has 2 heterocycles. The van der Waals surface area contributed by atoms with E-state index in [1.807, 2.05) is 12.1 Å². The third kappa shape index (κ3) is 3.26. The van der Waals surface area contributed by atoms with Gasteiger partial charge in [0.2, 0.25) is 5.95 Å². The minimum Gasteiger partial charge on any atom is -0.465 e. The highest BCUT2D eigenvalue weighted by Crippen LogP contribution is 2.32. The fraction of sp³-hybridized carbons (Fsp3) is 0.238. The zero-order valence-corrected chi connectivity index (χ0v) is 16.0. The van der Waals surface area contributed by atoms with E-state index in [9.17, 15) is 4.79 Å². The quantitative estimate of drug-likeness (QED) is 0.701. The average molecular weight is 375 g/mol. The monoisotopic (exact) mass is 375 g/mol. The number of hydrogen-bond acceptors (Lipinski definition) is 6. The highest BCUT2D eigenvalue weighted by Gasteiger charge is 2.24. The molecule has 1 aliphatic heterocycles. The van der Waals surface area contributed by atoms with Gasteiger partial charge in [-0.3, -0.25) is 0 Å². The molecule has 0 radical (unpaired) electrons. The zero-order valence-electron chi connectivity index (χ0n) is 16.0. The van der Waals surface area contributed by atoms with Crippen LogP contribution in [0.2, 0.25) is 0 Å². The van der Waals surface area contributed by atoms with E-state index >= 15 is 0 Å². The van der Waals surface area contributed by atoms with Gasteiger partial charge in [-0.25, -0.2) is 4.79 Å². The van der Waals surface area contributed by atoms with Crippen LogP contribution in [0.15, 0.2) is 54.6 Å². The molecule has 1 aromatic heterocycles. The minimum atomic E-state index is -0.360. The Balaban J connectivity index is 1.70. The molecule has 0 saturated heterocycles. The van der Waals surface area contributed by atoms with Crippen molar-refractivity contribution < 1.29 is 9.53 Å². The summed E-state index contributed by atoms with van der Waals surface area (Å²) in [6.45, 7) is 4.35. The van der Waals surface area contributed by atoms with Crippen molar-refractivity contribution in [1.29, 1.82) is 0 Å². The van der Waals surface area contributed by atoms with Gasteiger partial charge in [-0.05, 0) is 51.2 Å². The van der Waals surface area contributed by atoms with Gasteiger partial charge in [0.25, 0.3) is 0 Å². The van der Waals surface area contributed by atoms with E-state index in [1.165, 1.54) is 12.7 Å². The van der Waals surface area contributed by atoms with Crippen molar-refractivity contribution >= 4 is 17.6 Å². The number of carbonyl (C=O) groups excluding carboxylic acids is 1. The lowest BCUT2D eigenvalue weighted by Crippen LogP contribution is -2.20. The maximum atomic E-state index is 11.7. The van der Waals surface area contributed by atoms with Crippen molar-refractivity contribution in [3.63, 3.8) is 0 Å². The third-order valence-electron chi connectivity index (χ3n) is 4.89. The number of fused-ring (bicyclic) bond motifs is 1. The summed E-state index contributed by atoms with van der Waals surface area (Å²) in [7, 11) is 1.37. The normalized spacial score (nSPS) is 15.6. The molecule has 0 unspecified atom stereocenters. The van der Waals surface area contributed by atoms with Gasteiger partial charge in [-0.2, -0.15) is 4.68 Å². The van der Waals surface area contributed by atoms with Gasteiger partial charge in [0.1, 0.15) is 6.04 Å². The van der Waals surface area contributed by atoms with Crippen LogP contribution in [0.3, 0.4) is 0 Å². The summed E-state index contributed by atoms with van der Waals surface area (Å²) in [5.41, 5.74) is 4.78. The molecule has 0 saturated carbocycles. The number of esters is 1. The number of methoxy groups -OCH3 is 1. The number of benzene rings is 2. The Morgan fingerprint density at radius 3 is 2.46 bits per heavy atom. The molecule has 7 heteroatoms. The lowest BCUT2D eigenvalue weighted by molar-refractivity contribution is 0.0600. The summed E-state index contributed by atoms with van der Waals surface area (Å²) < 4.78 is 6.49. The molecule has 142 valence electrons. The standard InChI is InChI=1S/C21H21N5O2/c1-13(2)14-4-6-15(7-5-14)18-12-19(26-21(22-18)23-24-25-26)16-8-10-17(11-9-16)20(27)28-3/h4-13,19H,1-3H3,(H,22,23,25)/t19-/m0/s1. The first-order chi connectivity index (χ1) is 13.6. The van der Waals surface area contributed by atoms with E-state index in [-0.39, 0.29) is 12.0 Å². The van der Waals surface area contributed by atoms with Crippen molar-refractivity contribution in [3.05, 3.63) is 76.9 Å². The predicted octanol–water partition coefficient (Wildman–Crippen LogP) is 3.64. The van der Waals surface area contributed by atoms with Gasteiger partial charge >= 0.3 is 5.97 Å². The predicted molar refractivity (Wildman–Crippen MR) is 106 cm³/mol.